The number of halogens is 1. The van der Waals surface area contributed by atoms with Crippen LogP contribution in [-0.2, 0) is 4.74 Å². The molecule has 0 radical (unpaired) electrons. The lowest BCUT2D eigenvalue weighted by Gasteiger charge is -2.09. The van der Waals surface area contributed by atoms with Gasteiger partial charge >= 0.3 is 5.43 Å². The zero-order valence-electron chi connectivity index (χ0n) is 7.25. The Labute approximate surface area is 77.6 Å². The maximum atomic E-state index is 10.2. The maximum absolute atomic E-state index is 10.2. The molecule has 0 saturated carbocycles. The molecule has 0 bridgehead atoms. The molecule has 1 rings (SSSR count). The van der Waals surface area contributed by atoms with Crippen molar-refractivity contribution in [2.45, 2.75) is 12.8 Å². The van der Waals surface area contributed by atoms with Crippen molar-refractivity contribution in [1.82, 2.24) is 4.90 Å². The van der Waals surface area contributed by atoms with Gasteiger partial charge in [-0.2, -0.15) is 0 Å². The minimum atomic E-state index is -0.693. The van der Waals surface area contributed by atoms with E-state index in [1.807, 2.05) is 0 Å². The number of hydrogen-bond acceptors (Lipinski definition) is 3. The summed E-state index contributed by atoms with van der Waals surface area (Å²) in [7, 11) is 2.10. The first-order chi connectivity index (χ1) is 5.68. The summed E-state index contributed by atoms with van der Waals surface area (Å²) in [5.74, 6) is 0.672. The van der Waals surface area contributed by atoms with Crippen LogP contribution in [0.3, 0.4) is 0 Å². The SMILES string of the molecule is CN1CCC(CCOC(=O)Cl)C1. The third-order valence-corrected chi connectivity index (χ3v) is 2.34. The van der Waals surface area contributed by atoms with Gasteiger partial charge in [-0.3, -0.25) is 0 Å². The molecule has 0 aromatic rings. The average Bonchev–Trinajstić information content (AvgIpc) is 2.35. The van der Waals surface area contributed by atoms with Gasteiger partial charge < -0.3 is 9.64 Å². The zero-order valence-corrected chi connectivity index (χ0v) is 8.01. The number of carbonyl (C=O) groups is 1. The summed E-state index contributed by atoms with van der Waals surface area (Å²) in [6.45, 7) is 2.72. The van der Waals surface area contributed by atoms with Crippen molar-refractivity contribution in [3.63, 3.8) is 0 Å². The largest absolute Gasteiger partial charge is 0.454 e. The van der Waals surface area contributed by atoms with Crippen LogP contribution in [0.15, 0.2) is 0 Å². The number of hydrogen-bond donors (Lipinski definition) is 0. The van der Waals surface area contributed by atoms with Gasteiger partial charge in [-0.1, -0.05) is 0 Å². The van der Waals surface area contributed by atoms with Crippen LogP contribution in [0.1, 0.15) is 12.8 Å². The van der Waals surface area contributed by atoms with E-state index < -0.39 is 5.43 Å². The van der Waals surface area contributed by atoms with Gasteiger partial charge in [0.1, 0.15) is 0 Å². The molecule has 0 N–H and O–H groups in total. The number of rotatable bonds is 3. The molecule has 70 valence electrons. The minimum Gasteiger partial charge on any atom is -0.454 e. The highest BCUT2D eigenvalue weighted by atomic mass is 35.5. The summed E-state index contributed by atoms with van der Waals surface area (Å²) in [6, 6.07) is 0. The van der Waals surface area contributed by atoms with Gasteiger partial charge in [-0.15, -0.1) is 0 Å². The first kappa shape index (κ1) is 9.81. The van der Waals surface area contributed by atoms with Crippen LogP contribution in [-0.4, -0.2) is 37.1 Å². The summed E-state index contributed by atoms with van der Waals surface area (Å²) in [4.78, 5) is 12.5. The van der Waals surface area contributed by atoms with E-state index in [-0.39, 0.29) is 0 Å². The van der Waals surface area contributed by atoms with Crippen LogP contribution < -0.4 is 0 Å². The Hall–Kier alpha value is -0.280. The van der Waals surface area contributed by atoms with Crippen LogP contribution in [0.5, 0.6) is 0 Å². The second-order valence-electron chi connectivity index (χ2n) is 3.29. The quantitative estimate of drug-likeness (QED) is 0.636. The average molecular weight is 192 g/mol. The highest BCUT2D eigenvalue weighted by molar-refractivity contribution is 6.61. The van der Waals surface area contributed by atoms with Crippen molar-refractivity contribution in [2.75, 3.05) is 26.7 Å². The van der Waals surface area contributed by atoms with Gasteiger partial charge in [0.2, 0.25) is 0 Å². The molecule has 1 saturated heterocycles. The predicted octanol–water partition coefficient (Wildman–Crippen LogP) is 1.70. The Balaban J connectivity index is 2.04. The Morgan fingerprint density at radius 2 is 2.50 bits per heavy atom. The molecular formula is C8H14ClNO2. The van der Waals surface area contributed by atoms with Crippen molar-refractivity contribution in [2.24, 2.45) is 5.92 Å². The van der Waals surface area contributed by atoms with E-state index in [0.29, 0.717) is 12.5 Å². The highest BCUT2D eigenvalue weighted by Crippen LogP contribution is 2.17. The third-order valence-electron chi connectivity index (χ3n) is 2.23. The van der Waals surface area contributed by atoms with Crippen LogP contribution in [0.25, 0.3) is 0 Å². The lowest BCUT2D eigenvalue weighted by Crippen LogP contribution is -2.15. The molecule has 1 fully saturated rings. The lowest BCUT2D eigenvalue weighted by atomic mass is 10.1. The number of nitrogens with zero attached hydrogens (tertiary/aromatic N) is 1. The maximum Gasteiger partial charge on any atom is 0.403 e. The standard InChI is InChI=1S/C8H14ClNO2/c1-10-4-2-7(6-10)3-5-12-8(9)11/h7H,2-6H2,1H3. The van der Waals surface area contributed by atoms with Crippen LogP contribution >= 0.6 is 11.6 Å². The van der Waals surface area contributed by atoms with Crippen molar-refractivity contribution in [3.8, 4) is 0 Å². The van der Waals surface area contributed by atoms with Gasteiger partial charge in [-0.25, -0.2) is 4.79 Å². The normalized spacial score (nSPS) is 24.3. The van der Waals surface area contributed by atoms with E-state index in [9.17, 15) is 4.79 Å². The van der Waals surface area contributed by atoms with E-state index in [0.717, 1.165) is 19.5 Å². The lowest BCUT2D eigenvalue weighted by molar-refractivity contribution is 0.165. The number of ether oxygens (including phenoxy) is 1. The molecule has 1 aliphatic heterocycles. The fourth-order valence-corrected chi connectivity index (χ4v) is 1.64. The highest BCUT2D eigenvalue weighted by Gasteiger charge is 2.19. The Kier molecular flexibility index (Phi) is 3.82. The summed E-state index contributed by atoms with van der Waals surface area (Å²) in [5, 5.41) is 0. The minimum absolute atomic E-state index is 0.459. The van der Waals surface area contributed by atoms with E-state index in [1.165, 1.54) is 6.42 Å². The molecular weight excluding hydrogens is 178 g/mol. The van der Waals surface area contributed by atoms with Gasteiger partial charge in [0.05, 0.1) is 6.61 Å². The number of carbonyl (C=O) groups excluding carboxylic acids is 1. The van der Waals surface area contributed by atoms with Crippen LogP contribution in [0.2, 0.25) is 0 Å². The van der Waals surface area contributed by atoms with E-state index in [2.05, 4.69) is 16.7 Å². The monoisotopic (exact) mass is 191 g/mol. The van der Waals surface area contributed by atoms with Gasteiger partial charge in [0.25, 0.3) is 0 Å². The molecule has 12 heavy (non-hydrogen) atoms. The predicted molar refractivity (Wildman–Crippen MR) is 47.4 cm³/mol. The molecule has 4 heteroatoms. The first-order valence-corrected chi connectivity index (χ1v) is 4.57. The second-order valence-corrected chi connectivity index (χ2v) is 3.60. The summed E-state index contributed by atoms with van der Waals surface area (Å²) >= 11 is 5.02. The van der Waals surface area contributed by atoms with Crippen molar-refractivity contribution in [3.05, 3.63) is 0 Å². The molecule has 0 aromatic carbocycles. The molecule has 0 aromatic heterocycles. The van der Waals surface area contributed by atoms with Gasteiger partial charge in [0.15, 0.2) is 0 Å². The Bertz CT molecular complexity index is 163. The number of likely N-dealkylation sites (tertiary alicyclic amines) is 1. The first-order valence-electron chi connectivity index (χ1n) is 4.19. The van der Waals surface area contributed by atoms with Crippen LogP contribution in [0, 0.1) is 5.92 Å². The Morgan fingerprint density at radius 1 is 1.75 bits per heavy atom. The molecule has 1 atom stereocenters. The summed E-state index contributed by atoms with van der Waals surface area (Å²) in [5.41, 5.74) is -0.693. The van der Waals surface area contributed by atoms with Crippen molar-refractivity contribution < 1.29 is 9.53 Å². The van der Waals surface area contributed by atoms with Gasteiger partial charge in [0, 0.05) is 18.1 Å². The van der Waals surface area contributed by atoms with Gasteiger partial charge in [-0.05, 0) is 32.4 Å². The summed E-state index contributed by atoms with van der Waals surface area (Å²) in [6.07, 6.45) is 2.14. The van der Waals surface area contributed by atoms with E-state index in [4.69, 9.17) is 11.6 Å². The third kappa shape index (κ3) is 3.41. The second kappa shape index (κ2) is 4.67. The molecule has 3 nitrogen and oxygen atoms in total. The van der Waals surface area contributed by atoms with E-state index >= 15 is 0 Å². The fourth-order valence-electron chi connectivity index (χ4n) is 1.57. The molecule has 0 spiro atoms. The van der Waals surface area contributed by atoms with E-state index in [1.54, 1.807) is 0 Å². The van der Waals surface area contributed by atoms with Crippen LogP contribution in [0.4, 0.5) is 4.79 Å². The topological polar surface area (TPSA) is 29.5 Å². The fraction of sp³-hybridized carbons (Fsp3) is 0.875. The summed E-state index contributed by atoms with van der Waals surface area (Å²) < 4.78 is 4.65. The molecule has 1 aliphatic rings. The smallest absolute Gasteiger partial charge is 0.403 e. The zero-order chi connectivity index (χ0) is 8.97. The molecule has 0 amide bonds. The van der Waals surface area contributed by atoms with Crippen molar-refractivity contribution in [1.29, 1.82) is 0 Å². The molecule has 0 aliphatic carbocycles. The van der Waals surface area contributed by atoms with Crippen molar-refractivity contribution >= 4 is 17.0 Å². The molecule has 1 unspecified atom stereocenters. The Morgan fingerprint density at radius 3 is 3.00 bits per heavy atom. The molecule has 1 heterocycles.